The maximum absolute atomic E-state index is 12.3. The highest BCUT2D eigenvalue weighted by atomic mass is 16.4. The van der Waals surface area contributed by atoms with Gasteiger partial charge in [0.2, 0.25) is 5.91 Å². The number of anilines is 1. The van der Waals surface area contributed by atoms with E-state index in [1.165, 1.54) is 4.57 Å². The third kappa shape index (κ3) is 6.60. The van der Waals surface area contributed by atoms with Crippen LogP contribution in [0.2, 0.25) is 0 Å². The summed E-state index contributed by atoms with van der Waals surface area (Å²) in [6.45, 7) is 4.07. The zero-order valence-corrected chi connectivity index (χ0v) is 14.5. The van der Waals surface area contributed by atoms with Crippen LogP contribution in [0.5, 0.6) is 0 Å². The fourth-order valence-electron chi connectivity index (χ4n) is 2.58. The second kappa shape index (κ2) is 9.24. The fraction of sp³-hybridized carbons (Fsp3) is 0.529. The number of aliphatic carboxylic acids is 1. The molecule has 0 radical (unpaired) electrons. The van der Waals surface area contributed by atoms with Gasteiger partial charge >= 0.3 is 11.9 Å². The van der Waals surface area contributed by atoms with Crippen LogP contribution in [0.4, 0.5) is 5.69 Å². The molecule has 0 atom stereocenters. The summed E-state index contributed by atoms with van der Waals surface area (Å²) in [4.78, 5) is 38.8. The van der Waals surface area contributed by atoms with Gasteiger partial charge in [0.25, 0.3) is 0 Å². The molecule has 25 heavy (non-hydrogen) atoms. The first-order valence-electron chi connectivity index (χ1n) is 8.41. The van der Waals surface area contributed by atoms with E-state index in [1.807, 2.05) is 0 Å². The highest BCUT2D eigenvalue weighted by Crippen LogP contribution is 2.05. The van der Waals surface area contributed by atoms with E-state index in [2.05, 4.69) is 22.2 Å². The first-order valence-corrected chi connectivity index (χ1v) is 8.41. The molecule has 1 aromatic heterocycles. The fourth-order valence-corrected chi connectivity index (χ4v) is 2.58. The topological polar surface area (TPSA) is 93.8 Å². The van der Waals surface area contributed by atoms with Crippen molar-refractivity contribution in [3.8, 4) is 0 Å². The van der Waals surface area contributed by atoms with Crippen molar-refractivity contribution < 1.29 is 24.1 Å². The van der Waals surface area contributed by atoms with E-state index in [9.17, 15) is 14.4 Å². The minimum absolute atomic E-state index is 0.0103. The van der Waals surface area contributed by atoms with Gasteiger partial charge in [-0.15, -0.1) is 4.57 Å². The number of carbonyl (C=O) groups excluding carboxylic acids is 2. The summed E-state index contributed by atoms with van der Waals surface area (Å²) in [6.07, 6.45) is 3.70. The molecular weight excluding hydrogens is 324 g/mol. The van der Waals surface area contributed by atoms with Gasteiger partial charge in [0, 0.05) is 51.2 Å². The normalized spacial score (nSPS) is 15.7. The Hall–Kier alpha value is -2.32. The molecule has 8 heteroatoms. The number of pyridine rings is 1. The predicted molar refractivity (Wildman–Crippen MR) is 91.3 cm³/mol. The molecule has 2 heterocycles. The minimum atomic E-state index is -0.910. The standard InChI is InChI=1S/C17H24N4O4/c1-19-9-11-20(12-10-19)13-16(23)21-7-5-14(6-8-21)18-15(22)3-2-4-17(24)25/h5-8H,2-4,9-13H2,1H3,(H,24,25)/p+1. The van der Waals surface area contributed by atoms with Crippen LogP contribution >= 0.6 is 0 Å². The lowest BCUT2D eigenvalue weighted by atomic mass is 10.2. The van der Waals surface area contributed by atoms with Gasteiger partial charge in [-0.25, -0.2) is 4.79 Å². The number of hydrogen-bond acceptors (Lipinski definition) is 5. The number of likely N-dealkylation sites (N-methyl/N-ethyl adjacent to an activating group) is 1. The molecule has 1 amide bonds. The van der Waals surface area contributed by atoms with Crippen molar-refractivity contribution in [3.63, 3.8) is 0 Å². The van der Waals surface area contributed by atoms with E-state index in [4.69, 9.17) is 5.11 Å². The van der Waals surface area contributed by atoms with Gasteiger partial charge < -0.3 is 15.3 Å². The summed E-state index contributed by atoms with van der Waals surface area (Å²) in [5, 5.41) is 11.3. The molecule has 0 unspecified atom stereocenters. The van der Waals surface area contributed by atoms with E-state index in [0.29, 0.717) is 18.7 Å². The Morgan fingerprint density at radius 1 is 1.12 bits per heavy atom. The average Bonchev–Trinajstić information content (AvgIpc) is 2.57. The first-order chi connectivity index (χ1) is 11.9. The summed E-state index contributed by atoms with van der Waals surface area (Å²) >= 11 is 0. The lowest BCUT2D eigenvalue weighted by Crippen LogP contribution is -2.52. The highest BCUT2D eigenvalue weighted by molar-refractivity contribution is 5.90. The Bertz CT molecular complexity index is 610. The van der Waals surface area contributed by atoms with Gasteiger partial charge in [-0.1, -0.05) is 0 Å². The molecule has 0 spiro atoms. The van der Waals surface area contributed by atoms with Gasteiger partial charge in [-0.3, -0.25) is 14.5 Å². The number of hydrogen-bond donors (Lipinski definition) is 2. The zero-order valence-electron chi connectivity index (χ0n) is 14.5. The summed E-state index contributed by atoms with van der Waals surface area (Å²) in [6, 6.07) is 3.33. The van der Waals surface area contributed by atoms with Crippen molar-refractivity contribution in [1.29, 1.82) is 0 Å². The van der Waals surface area contributed by atoms with Crippen LogP contribution in [0.25, 0.3) is 0 Å². The maximum atomic E-state index is 12.3. The van der Waals surface area contributed by atoms with Crippen molar-refractivity contribution >= 4 is 23.5 Å². The number of piperazine rings is 1. The van der Waals surface area contributed by atoms with Crippen LogP contribution < -0.4 is 9.88 Å². The Morgan fingerprint density at radius 2 is 1.76 bits per heavy atom. The summed E-state index contributed by atoms with van der Waals surface area (Å²) < 4.78 is 1.51. The lowest BCUT2D eigenvalue weighted by Gasteiger charge is -2.30. The second-order valence-corrected chi connectivity index (χ2v) is 6.26. The summed E-state index contributed by atoms with van der Waals surface area (Å²) in [5.74, 6) is -1.15. The molecule has 1 fully saturated rings. The van der Waals surface area contributed by atoms with Gasteiger partial charge in [0.15, 0.2) is 12.4 Å². The smallest absolute Gasteiger partial charge is 0.406 e. The van der Waals surface area contributed by atoms with Crippen molar-refractivity contribution in [2.45, 2.75) is 19.3 Å². The van der Waals surface area contributed by atoms with Crippen LogP contribution in [0, 0.1) is 0 Å². The molecule has 1 aromatic rings. The van der Waals surface area contributed by atoms with Crippen LogP contribution in [0.1, 0.15) is 24.1 Å². The number of carbonyl (C=O) groups is 3. The van der Waals surface area contributed by atoms with Crippen molar-refractivity contribution in [2.75, 3.05) is 45.1 Å². The number of carboxylic acids is 1. The SMILES string of the molecule is CN1CCN(CC(=O)[n+]2ccc(NC(=O)CCCC(=O)O)cc2)CC1. The number of rotatable bonds is 7. The van der Waals surface area contributed by atoms with Crippen molar-refractivity contribution in [3.05, 3.63) is 24.5 Å². The molecule has 1 aliphatic heterocycles. The minimum Gasteiger partial charge on any atom is -0.481 e. The van der Waals surface area contributed by atoms with Crippen LogP contribution in [0.15, 0.2) is 24.5 Å². The third-order valence-corrected chi connectivity index (χ3v) is 4.15. The second-order valence-electron chi connectivity index (χ2n) is 6.26. The monoisotopic (exact) mass is 349 g/mol. The largest absolute Gasteiger partial charge is 0.481 e. The Labute approximate surface area is 147 Å². The van der Waals surface area contributed by atoms with Crippen LogP contribution in [-0.4, -0.2) is 72.5 Å². The van der Waals surface area contributed by atoms with Crippen molar-refractivity contribution in [1.82, 2.24) is 9.80 Å². The zero-order chi connectivity index (χ0) is 18.2. The molecule has 0 aliphatic carbocycles. The number of aromatic nitrogens is 1. The molecule has 0 bridgehead atoms. The molecule has 1 aliphatic rings. The highest BCUT2D eigenvalue weighted by Gasteiger charge is 2.21. The number of nitrogens with zero attached hydrogens (tertiary/aromatic N) is 3. The van der Waals surface area contributed by atoms with E-state index in [1.54, 1.807) is 24.5 Å². The lowest BCUT2D eigenvalue weighted by molar-refractivity contribution is -0.574. The van der Waals surface area contributed by atoms with Gasteiger partial charge in [0.05, 0.1) is 5.69 Å². The van der Waals surface area contributed by atoms with Gasteiger partial charge in [-0.2, -0.15) is 0 Å². The molecule has 8 nitrogen and oxygen atoms in total. The molecule has 0 aromatic carbocycles. The first kappa shape index (κ1) is 19.0. The van der Waals surface area contributed by atoms with Crippen LogP contribution in [-0.2, 0) is 9.59 Å². The van der Waals surface area contributed by atoms with Crippen LogP contribution in [0.3, 0.4) is 0 Å². The number of amides is 1. The molecule has 0 saturated carbocycles. The number of carboxylic acid groups (broad SMARTS) is 1. The molecule has 136 valence electrons. The van der Waals surface area contributed by atoms with E-state index in [0.717, 1.165) is 26.2 Å². The summed E-state index contributed by atoms with van der Waals surface area (Å²) in [7, 11) is 2.07. The van der Waals surface area contributed by atoms with E-state index < -0.39 is 5.97 Å². The Balaban J connectivity index is 1.79. The number of nitrogens with one attached hydrogen (secondary N) is 1. The maximum Gasteiger partial charge on any atom is 0.406 e. The summed E-state index contributed by atoms with van der Waals surface area (Å²) in [5.41, 5.74) is 0.587. The van der Waals surface area contributed by atoms with Gasteiger partial charge in [0.1, 0.15) is 6.54 Å². The molecule has 2 N–H and O–H groups in total. The Kier molecular flexibility index (Phi) is 7.03. The average molecular weight is 349 g/mol. The molecule has 1 saturated heterocycles. The molecular formula is C17H25N4O4+. The predicted octanol–water partition coefficient (Wildman–Crippen LogP) is 0.0551. The van der Waals surface area contributed by atoms with E-state index in [-0.39, 0.29) is 24.7 Å². The quantitative estimate of drug-likeness (QED) is 0.676. The van der Waals surface area contributed by atoms with E-state index >= 15 is 0 Å². The molecule has 2 rings (SSSR count). The Morgan fingerprint density at radius 3 is 2.36 bits per heavy atom. The van der Waals surface area contributed by atoms with Gasteiger partial charge in [-0.05, 0) is 13.5 Å². The van der Waals surface area contributed by atoms with Crippen molar-refractivity contribution in [2.24, 2.45) is 0 Å². The third-order valence-electron chi connectivity index (χ3n) is 4.15.